The number of nitrogens with zero attached hydrogens (tertiary/aromatic N) is 3. The lowest BCUT2D eigenvalue weighted by atomic mass is 9.77. The Morgan fingerprint density at radius 1 is 0.861 bits per heavy atom. The average molecular weight is 505 g/mol. The van der Waals surface area contributed by atoms with Gasteiger partial charge in [0.05, 0.1) is 19.3 Å². The van der Waals surface area contributed by atoms with E-state index < -0.39 is 19.2 Å². The fourth-order valence-electron chi connectivity index (χ4n) is 4.41. The summed E-state index contributed by atoms with van der Waals surface area (Å²) in [4.78, 5) is 4.60. The number of hydrogen-bond donors (Lipinski definition) is 1. The topological polar surface area (TPSA) is 92.3 Å². The molecule has 0 aliphatic heterocycles. The summed E-state index contributed by atoms with van der Waals surface area (Å²) < 4.78 is 25.4. The van der Waals surface area contributed by atoms with Crippen molar-refractivity contribution in [3.8, 4) is 0 Å². The molecule has 0 radical (unpaired) electrons. The summed E-state index contributed by atoms with van der Waals surface area (Å²) in [7, 11) is -3.09. The lowest BCUT2D eigenvalue weighted by Crippen LogP contribution is -2.38. The molecule has 0 fully saturated rings. The second-order valence-corrected chi connectivity index (χ2v) is 10.8. The van der Waals surface area contributed by atoms with Crippen molar-refractivity contribution >= 4 is 7.60 Å². The molecule has 0 aliphatic rings. The highest BCUT2D eigenvalue weighted by atomic mass is 31.2. The molecule has 4 aromatic rings. The lowest BCUT2D eigenvalue weighted by molar-refractivity contribution is 0.206. The van der Waals surface area contributed by atoms with E-state index >= 15 is 0 Å². The monoisotopic (exact) mass is 504 g/mol. The van der Waals surface area contributed by atoms with Crippen molar-refractivity contribution in [2.45, 2.75) is 31.8 Å². The van der Waals surface area contributed by atoms with Crippen LogP contribution in [-0.2, 0) is 19.2 Å². The van der Waals surface area contributed by atoms with Gasteiger partial charge in [-0.1, -0.05) is 97.9 Å². The number of rotatable bonds is 12. The van der Waals surface area contributed by atoms with Gasteiger partial charge < -0.3 is 14.8 Å². The predicted molar refractivity (Wildman–Crippen MR) is 142 cm³/mol. The third-order valence-corrected chi connectivity index (χ3v) is 8.19. The molecule has 7 nitrogen and oxygen atoms in total. The second kappa shape index (κ2) is 11.8. The van der Waals surface area contributed by atoms with Crippen LogP contribution < -0.4 is 5.73 Å². The molecule has 188 valence electrons. The van der Waals surface area contributed by atoms with Gasteiger partial charge in [-0.05, 0) is 30.0 Å². The van der Waals surface area contributed by atoms with E-state index in [1.807, 2.05) is 59.3 Å². The summed E-state index contributed by atoms with van der Waals surface area (Å²) in [5, 5.41) is 4.91. The van der Waals surface area contributed by atoms with Gasteiger partial charge in [-0.2, -0.15) is 5.10 Å². The van der Waals surface area contributed by atoms with Crippen molar-refractivity contribution in [3.63, 3.8) is 0 Å². The van der Waals surface area contributed by atoms with Gasteiger partial charge in [0.2, 0.25) is 0 Å². The van der Waals surface area contributed by atoms with E-state index in [-0.39, 0.29) is 6.61 Å². The molecule has 3 aromatic carbocycles. The van der Waals surface area contributed by atoms with Crippen LogP contribution in [0.25, 0.3) is 0 Å². The van der Waals surface area contributed by atoms with E-state index in [2.05, 4.69) is 41.4 Å². The Balaban J connectivity index is 1.72. The van der Waals surface area contributed by atoms with Crippen LogP contribution in [0.3, 0.4) is 0 Å². The first-order valence-electron chi connectivity index (χ1n) is 12.3. The van der Waals surface area contributed by atoms with Gasteiger partial charge in [0.1, 0.15) is 11.9 Å². The summed E-state index contributed by atoms with van der Waals surface area (Å²) in [6.45, 7) is 4.12. The summed E-state index contributed by atoms with van der Waals surface area (Å²) >= 11 is 0. The molecule has 2 atom stereocenters. The minimum absolute atomic E-state index is 0.196. The van der Waals surface area contributed by atoms with Gasteiger partial charge in [0, 0.05) is 6.16 Å². The molecule has 0 spiro atoms. The molecule has 1 heterocycles. The minimum atomic E-state index is -3.09. The fourth-order valence-corrected chi connectivity index (χ4v) is 5.62. The van der Waals surface area contributed by atoms with Crippen molar-refractivity contribution in [1.29, 1.82) is 0 Å². The Morgan fingerprint density at radius 3 is 1.81 bits per heavy atom. The first kappa shape index (κ1) is 26.0. The predicted octanol–water partition coefficient (Wildman–Crippen LogP) is 5.77. The summed E-state index contributed by atoms with van der Waals surface area (Å²) in [6, 6.07) is 30.3. The number of aromatic nitrogens is 3. The SMILES string of the molecule is CCOP(=O)(CC)OCCC(N)c1ncn(C(c2ccccc2)(c2ccccc2)c2ccccc2)n1. The van der Waals surface area contributed by atoms with E-state index in [9.17, 15) is 4.57 Å². The normalized spacial score (nSPS) is 14.3. The molecular weight excluding hydrogens is 471 g/mol. The van der Waals surface area contributed by atoms with E-state index in [0.29, 0.717) is 25.0 Å². The highest BCUT2D eigenvalue weighted by Gasteiger charge is 2.39. The van der Waals surface area contributed by atoms with Crippen molar-refractivity contribution < 1.29 is 13.6 Å². The Hall–Kier alpha value is -3.09. The van der Waals surface area contributed by atoms with Crippen molar-refractivity contribution in [2.24, 2.45) is 5.73 Å². The molecule has 0 saturated heterocycles. The Bertz CT molecular complexity index is 1170. The zero-order valence-corrected chi connectivity index (χ0v) is 21.6. The van der Waals surface area contributed by atoms with E-state index in [0.717, 1.165) is 16.7 Å². The molecule has 1 aromatic heterocycles. The second-order valence-electron chi connectivity index (χ2n) is 8.43. The quantitative estimate of drug-likeness (QED) is 0.194. The molecule has 4 rings (SSSR count). The van der Waals surface area contributed by atoms with Crippen LogP contribution >= 0.6 is 7.60 Å². The fraction of sp³-hybridized carbons (Fsp3) is 0.286. The highest BCUT2D eigenvalue weighted by Crippen LogP contribution is 2.47. The van der Waals surface area contributed by atoms with Gasteiger partial charge in [-0.25, -0.2) is 9.67 Å². The molecule has 2 N–H and O–H groups in total. The van der Waals surface area contributed by atoms with Crippen LogP contribution in [0, 0.1) is 0 Å². The maximum absolute atomic E-state index is 12.6. The van der Waals surface area contributed by atoms with Crippen molar-refractivity contribution in [2.75, 3.05) is 19.4 Å². The maximum atomic E-state index is 12.6. The average Bonchev–Trinajstić information content (AvgIpc) is 3.42. The third-order valence-electron chi connectivity index (χ3n) is 6.19. The van der Waals surface area contributed by atoms with Gasteiger partial charge in [0.15, 0.2) is 5.82 Å². The number of nitrogens with two attached hydrogens (primary N) is 1. The van der Waals surface area contributed by atoms with Gasteiger partial charge in [0.25, 0.3) is 0 Å². The van der Waals surface area contributed by atoms with Crippen LogP contribution in [-0.4, -0.2) is 34.1 Å². The first-order chi connectivity index (χ1) is 17.5. The van der Waals surface area contributed by atoms with Crippen LogP contribution in [0.2, 0.25) is 0 Å². The van der Waals surface area contributed by atoms with E-state index in [4.69, 9.17) is 19.9 Å². The van der Waals surface area contributed by atoms with Gasteiger partial charge in [-0.3, -0.25) is 4.57 Å². The molecule has 0 amide bonds. The first-order valence-corrected chi connectivity index (χ1v) is 14.0. The van der Waals surface area contributed by atoms with Crippen LogP contribution in [0.1, 0.15) is 48.8 Å². The zero-order valence-electron chi connectivity index (χ0n) is 20.7. The molecule has 2 unspecified atom stereocenters. The summed E-state index contributed by atoms with van der Waals surface area (Å²) in [6.07, 6.45) is 2.47. The van der Waals surface area contributed by atoms with Gasteiger partial charge >= 0.3 is 7.60 Å². The van der Waals surface area contributed by atoms with E-state index in [1.165, 1.54) is 0 Å². The summed E-state index contributed by atoms with van der Waals surface area (Å²) in [5.74, 6) is 0.494. The number of benzene rings is 3. The van der Waals surface area contributed by atoms with Crippen molar-refractivity contribution in [3.05, 3.63) is 120 Å². The molecular formula is C28H33N4O3P. The van der Waals surface area contributed by atoms with Crippen molar-refractivity contribution in [1.82, 2.24) is 14.8 Å². The van der Waals surface area contributed by atoms with Crippen LogP contribution in [0.5, 0.6) is 0 Å². The summed E-state index contributed by atoms with van der Waals surface area (Å²) in [5.41, 5.74) is 8.87. The molecule has 8 heteroatoms. The Morgan fingerprint density at radius 2 is 1.36 bits per heavy atom. The third kappa shape index (κ3) is 5.35. The minimum Gasteiger partial charge on any atom is -0.321 e. The van der Waals surface area contributed by atoms with Crippen LogP contribution in [0.15, 0.2) is 97.3 Å². The smallest absolute Gasteiger partial charge is 0.321 e. The lowest BCUT2D eigenvalue weighted by Gasteiger charge is -2.35. The highest BCUT2D eigenvalue weighted by molar-refractivity contribution is 7.53. The number of hydrogen-bond acceptors (Lipinski definition) is 6. The maximum Gasteiger partial charge on any atom is 0.330 e. The molecule has 36 heavy (non-hydrogen) atoms. The van der Waals surface area contributed by atoms with Gasteiger partial charge in [-0.15, -0.1) is 0 Å². The Kier molecular flexibility index (Phi) is 8.49. The zero-order chi connectivity index (χ0) is 25.4. The molecule has 0 saturated carbocycles. The molecule has 0 aliphatic carbocycles. The standard InChI is InChI=1S/C28H33N4O3P/c1-3-34-36(33,4-2)35-21-20-26(29)27-30-22-32(31-27)28(23-14-8-5-9-15-23,24-16-10-6-11-17-24)25-18-12-7-13-19-25/h5-19,22,26H,3-4,20-21,29H2,1-2H3. The molecule has 0 bridgehead atoms. The Labute approximate surface area is 212 Å². The largest absolute Gasteiger partial charge is 0.330 e. The van der Waals surface area contributed by atoms with E-state index in [1.54, 1.807) is 20.2 Å². The van der Waals surface area contributed by atoms with Crippen LogP contribution in [0.4, 0.5) is 0 Å².